The van der Waals surface area contributed by atoms with Crippen molar-refractivity contribution in [1.82, 2.24) is 5.32 Å². The Morgan fingerprint density at radius 2 is 1.89 bits per heavy atom. The van der Waals surface area contributed by atoms with Gasteiger partial charge in [0, 0.05) is 13.0 Å². The van der Waals surface area contributed by atoms with Crippen LogP contribution in [-0.2, 0) is 4.79 Å². The van der Waals surface area contributed by atoms with Crippen LogP contribution in [0.4, 0.5) is 19.3 Å². The molecular weight excluding hydrogens is 258 g/mol. The topological polar surface area (TPSA) is 78.4 Å². The number of hydrogen-bond donors (Lipinski definition) is 3. The van der Waals surface area contributed by atoms with E-state index in [0.717, 1.165) is 12.1 Å². The summed E-state index contributed by atoms with van der Waals surface area (Å²) in [4.78, 5) is 21.8. The molecule has 7 heteroatoms. The third kappa shape index (κ3) is 4.90. The zero-order valence-corrected chi connectivity index (χ0v) is 10.2. The predicted octanol–water partition coefficient (Wildman–Crippen LogP) is 2.20. The number of nitrogens with one attached hydrogen (secondary N) is 2. The van der Waals surface area contributed by atoms with Crippen molar-refractivity contribution in [3.8, 4) is 0 Å². The monoisotopic (exact) mass is 272 g/mol. The zero-order valence-electron chi connectivity index (χ0n) is 10.2. The molecule has 0 aromatic heterocycles. The predicted molar refractivity (Wildman–Crippen MR) is 64.8 cm³/mol. The first-order chi connectivity index (χ1) is 8.90. The van der Waals surface area contributed by atoms with Crippen molar-refractivity contribution < 1.29 is 23.5 Å². The van der Waals surface area contributed by atoms with Crippen LogP contribution in [0.1, 0.15) is 13.3 Å². The third-order valence-corrected chi connectivity index (χ3v) is 2.34. The average Bonchev–Trinajstić information content (AvgIpc) is 2.30. The molecule has 0 aliphatic heterocycles. The van der Waals surface area contributed by atoms with Gasteiger partial charge >= 0.3 is 12.0 Å². The van der Waals surface area contributed by atoms with Gasteiger partial charge in [-0.15, -0.1) is 0 Å². The number of carboxylic acids is 1. The second-order valence-corrected chi connectivity index (χ2v) is 4.13. The van der Waals surface area contributed by atoms with Gasteiger partial charge in [-0.2, -0.15) is 0 Å². The summed E-state index contributed by atoms with van der Waals surface area (Å²) in [7, 11) is 0. The Morgan fingerprint density at radius 1 is 1.32 bits per heavy atom. The van der Waals surface area contributed by atoms with E-state index in [9.17, 15) is 18.4 Å². The smallest absolute Gasteiger partial charge is 0.319 e. The molecule has 1 aromatic rings. The first kappa shape index (κ1) is 14.9. The first-order valence-electron chi connectivity index (χ1n) is 5.60. The normalized spacial score (nSPS) is 11.7. The summed E-state index contributed by atoms with van der Waals surface area (Å²) in [5.41, 5.74) is -0.536. The van der Waals surface area contributed by atoms with E-state index in [1.807, 2.05) is 5.32 Å². The number of para-hydroxylation sites is 1. The maximum absolute atomic E-state index is 13.2. The highest BCUT2D eigenvalue weighted by molar-refractivity contribution is 5.89. The molecule has 1 rings (SSSR count). The van der Waals surface area contributed by atoms with E-state index >= 15 is 0 Å². The molecule has 1 unspecified atom stereocenters. The second-order valence-electron chi connectivity index (χ2n) is 4.13. The molecule has 5 nitrogen and oxygen atoms in total. The highest BCUT2D eigenvalue weighted by atomic mass is 19.1. The lowest BCUT2D eigenvalue weighted by Crippen LogP contribution is -2.33. The highest BCUT2D eigenvalue weighted by Gasteiger charge is 2.13. The fraction of sp³-hybridized carbons (Fsp3) is 0.333. The number of carboxylic acid groups (broad SMARTS) is 1. The third-order valence-electron chi connectivity index (χ3n) is 2.34. The van der Waals surface area contributed by atoms with Crippen molar-refractivity contribution in [3.05, 3.63) is 29.8 Å². The summed E-state index contributed by atoms with van der Waals surface area (Å²) >= 11 is 0. The number of urea groups is 1. The van der Waals surface area contributed by atoms with Gasteiger partial charge in [0.05, 0.1) is 0 Å². The molecule has 0 aliphatic rings. The Kier molecular flexibility index (Phi) is 5.23. The first-order valence-corrected chi connectivity index (χ1v) is 5.60. The standard InChI is InChI=1S/C12H14F2N2O3/c1-7(5-10(17)18)6-15-12(19)16-11-8(13)3-2-4-9(11)14/h2-4,7H,5-6H2,1H3,(H,17,18)(H2,15,16,19). The fourth-order valence-electron chi connectivity index (χ4n) is 1.41. The molecule has 0 heterocycles. The van der Waals surface area contributed by atoms with Gasteiger partial charge in [-0.05, 0) is 18.1 Å². The van der Waals surface area contributed by atoms with Gasteiger partial charge in [0.1, 0.15) is 17.3 Å². The molecule has 1 atom stereocenters. The van der Waals surface area contributed by atoms with Crippen LogP contribution in [0.2, 0.25) is 0 Å². The van der Waals surface area contributed by atoms with E-state index in [0.29, 0.717) is 0 Å². The number of hydrogen-bond acceptors (Lipinski definition) is 2. The van der Waals surface area contributed by atoms with E-state index < -0.39 is 29.3 Å². The fourth-order valence-corrected chi connectivity index (χ4v) is 1.41. The molecule has 0 bridgehead atoms. The Morgan fingerprint density at radius 3 is 2.42 bits per heavy atom. The summed E-state index contributed by atoms with van der Waals surface area (Å²) in [5, 5.41) is 12.9. The van der Waals surface area contributed by atoms with E-state index in [4.69, 9.17) is 5.11 Å². The molecule has 0 aliphatic carbocycles. The quantitative estimate of drug-likeness (QED) is 0.768. The van der Waals surface area contributed by atoms with Crippen molar-refractivity contribution in [1.29, 1.82) is 0 Å². The van der Waals surface area contributed by atoms with Crippen LogP contribution in [0.15, 0.2) is 18.2 Å². The minimum absolute atomic E-state index is 0.0915. The average molecular weight is 272 g/mol. The molecule has 0 radical (unpaired) electrons. The van der Waals surface area contributed by atoms with E-state index in [-0.39, 0.29) is 18.9 Å². The van der Waals surface area contributed by atoms with Crippen LogP contribution in [-0.4, -0.2) is 23.7 Å². The lowest BCUT2D eigenvalue weighted by molar-refractivity contribution is -0.137. The Labute approximate surface area is 108 Å². The number of halogens is 2. The SMILES string of the molecule is CC(CNC(=O)Nc1c(F)cccc1F)CC(=O)O. The van der Waals surface area contributed by atoms with Crippen molar-refractivity contribution >= 4 is 17.7 Å². The van der Waals surface area contributed by atoms with Crippen LogP contribution in [0, 0.1) is 17.6 Å². The van der Waals surface area contributed by atoms with Crippen molar-refractivity contribution in [2.24, 2.45) is 5.92 Å². The highest BCUT2D eigenvalue weighted by Crippen LogP contribution is 2.17. The lowest BCUT2D eigenvalue weighted by Gasteiger charge is -2.12. The summed E-state index contributed by atoms with van der Waals surface area (Å²) in [5.74, 6) is -3.02. The van der Waals surface area contributed by atoms with Gasteiger partial charge in [-0.25, -0.2) is 13.6 Å². The molecule has 1 aromatic carbocycles. The Hall–Kier alpha value is -2.18. The zero-order chi connectivity index (χ0) is 14.4. The van der Waals surface area contributed by atoms with Crippen LogP contribution < -0.4 is 10.6 Å². The molecular formula is C12H14F2N2O3. The van der Waals surface area contributed by atoms with Gasteiger partial charge < -0.3 is 15.7 Å². The molecule has 0 saturated heterocycles. The number of benzene rings is 1. The molecule has 104 valence electrons. The maximum atomic E-state index is 13.2. The molecule has 2 amide bonds. The molecule has 0 saturated carbocycles. The van der Waals surface area contributed by atoms with Gasteiger partial charge in [-0.1, -0.05) is 13.0 Å². The van der Waals surface area contributed by atoms with Crippen LogP contribution in [0.25, 0.3) is 0 Å². The number of carbonyl (C=O) groups is 2. The maximum Gasteiger partial charge on any atom is 0.319 e. The van der Waals surface area contributed by atoms with Crippen LogP contribution in [0.5, 0.6) is 0 Å². The van der Waals surface area contributed by atoms with Gasteiger partial charge in [0.15, 0.2) is 0 Å². The van der Waals surface area contributed by atoms with Gasteiger partial charge in [0.25, 0.3) is 0 Å². The van der Waals surface area contributed by atoms with E-state index in [1.54, 1.807) is 6.92 Å². The van der Waals surface area contributed by atoms with Crippen molar-refractivity contribution in [2.75, 3.05) is 11.9 Å². The minimum atomic E-state index is -0.977. The van der Waals surface area contributed by atoms with Crippen molar-refractivity contribution in [2.45, 2.75) is 13.3 Å². The number of amides is 2. The van der Waals surface area contributed by atoms with Crippen molar-refractivity contribution in [3.63, 3.8) is 0 Å². The molecule has 0 spiro atoms. The summed E-state index contributed by atoms with van der Waals surface area (Å²) in [6, 6.07) is 2.43. The summed E-state index contributed by atoms with van der Waals surface area (Å²) in [6.07, 6.45) is -0.103. The summed E-state index contributed by atoms with van der Waals surface area (Å²) < 4.78 is 26.4. The molecule has 19 heavy (non-hydrogen) atoms. The number of anilines is 1. The summed E-state index contributed by atoms with van der Waals surface area (Å²) in [6.45, 7) is 1.73. The molecule has 3 N–H and O–H groups in total. The van der Waals surface area contributed by atoms with E-state index in [2.05, 4.69) is 5.32 Å². The van der Waals surface area contributed by atoms with Crippen LogP contribution in [0.3, 0.4) is 0 Å². The van der Waals surface area contributed by atoms with Crippen LogP contribution >= 0.6 is 0 Å². The van der Waals surface area contributed by atoms with Gasteiger partial charge in [-0.3, -0.25) is 4.79 Å². The van der Waals surface area contributed by atoms with E-state index in [1.165, 1.54) is 6.07 Å². The van der Waals surface area contributed by atoms with Gasteiger partial charge in [0.2, 0.25) is 0 Å². The lowest BCUT2D eigenvalue weighted by atomic mass is 10.1. The second kappa shape index (κ2) is 6.67. The number of rotatable bonds is 5. The largest absolute Gasteiger partial charge is 0.481 e. The Bertz CT molecular complexity index is 460. The number of aliphatic carboxylic acids is 1. The number of carbonyl (C=O) groups excluding carboxylic acids is 1. The Balaban J connectivity index is 2.50. The minimum Gasteiger partial charge on any atom is -0.481 e. The molecule has 0 fully saturated rings.